The van der Waals surface area contributed by atoms with Crippen molar-refractivity contribution < 1.29 is 16.8 Å². The van der Waals surface area contributed by atoms with Gasteiger partial charge in [0.2, 0.25) is 10.0 Å². The minimum absolute atomic E-state index is 0.104. The molecule has 148 valence electrons. The average Bonchev–Trinajstić information content (AvgIpc) is 2.56. The Morgan fingerprint density at radius 3 is 2.00 bits per heavy atom. The summed E-state index contributed by atoms with van der Waals surface area (Å²) in [6.07, 6.45) is 0. The zero-order chi connectivity index (χ0) is 20.4. The molecular weight excluding hydrogens is 384 g/mol. The van der Waals surface area contributed by atoms with Crippen LogP contribution in [0, 0.1) is 20.8 Å². The van der Waals surface area contributed by atoms with Crippen LogP contribution in [0.3, 0.4) is 0 Å². The predicted molar refractivity (Wildman–Crippen MR) is 108 cm³/mol. The number of nitrogens with zero attached hydrogens (tertiary/aromatic N) is 1. The largest absolute Gasteiger partial charge is 0.280 e. The molecule has 0 aliphatic carbocycles. The van der Waals surface area contributed by atoms with Gasteiger partial charge in [0.05, 0.1) is 15.5 Å². The van der Waals surface area contributed by atoms with Crippen LogP contribution in [0.15, 0.2) is 46.2 Å². The van der Waals surface area contributed by atoms with Crippen LogP contribution in [-0.2, 0) is 20.0 Å². The molecule has 2 aromatic carbocycles. The Hall–Kier alpha value is -1.90. The highest BCUT2D eigenvalue weighted by Crippen LogP contribution is 2.26. The SMILES string of the molecule is CCN(CC)S(=O)(=O)c1cc(NS(=O)(=O)c2ccc(C)cc2C)ccc1C. The molecule has 8 heteroatoms. The summed E-state index contributed by atoms with van der Waals surface area (Å²) in [6, 6.07) is 9.62. The van der Waals surface area contributed by atoms with E-state index < -0.39 is 20.0 Å². The lowest BCUT2D eigenvalue weighted by Gasteiger charge is -2.20. The normalized spacial score (nSPS) is 12.4. The molecule has 0 saturated heterocycles. The fourth-order valence-corrected chi connectivity index (χ4v) is 5.94. The zero-order valence-electron chi connectivity index (χ0n) is 16.3. The van der Waals surface area contributed by atoms with E-state index in [1.807, 2.05) is 6.92 Å². The summed E-state index contributed by atoms with van der Waals surface area (Å²) in [4.78, 5) is 0.272. The van der Waals surface area contributed by atoms with Crippen LogP contribution in [0.5, 0.6) is 0 Å². The molecule has 2 aromatic rings. The standard InChI is InChI=1S/C19H26N2O4S2/c1-6-21(7-2)27(24,25)19-13-17(10-9-15(19)4)20-26(22,23)18-11-8-14(3)12-16(18)5/h8-13,20H,6-7H2,1-5H3. The summed E-state index contributed by atoms with van der Waals surface area (Å²) in [6.45, 7) is 9.53. The highest BCUT2D eigenvalue weighted by Gasteiger charge is 2.25. The second-order valence-corrected chi connectivity index (χ2v) is 10.0. The Balaban J connectivity index is 2.47. The van der Waals surface area contributed by atoms with E-state index in [1.54, 1.807) is 58.0 Å². The summed E-state index contributed by atoms with van der Waals surface area (Å²) in [7, 11) is -7.52. The first-order valence-corrected chi connectivity index (χ1v) is 11.7. The molecule has 0 heterocycles. The van der Waals surface area contributed by atoms with Crippen molar-refractivity contribution in [2.24, 2.45) is 0 Å². The average molecular weight is 411 g/mol. The number of rotatable bonds is 7. The van der Waals surface area contributed by atoms with E-state index in [1.165, 1.54) is 10.4 Å². The lowest BCUT2D eigenvalue weighted by Crippen LogP contribution is -2.31. The summed E-state index contributed by atoms with van der Waals surface area (Å²) < 4.78 is 55.0. The van der Waals surface area contributed by atoms with Gasteiger partial charge in [0.1, 0.15) is 0 Å². The van der Waals surface area contributed by atoms with Crippen LogP contribution in [0.2, 0.25) is 0 Å². The summed E-state index contributed by atoms with van der Waals surface area (Å²) in [5.74, 6) is 0. The first-order valence-electron chi connectivity index (χ1n) is 8.73. The summed E-state index contributed by atoms with van der Waals surface area (Å²) in [5.41, 5.74) is 2.38. The molecule has 0 amide bonds. The molecule has 0 saturated carbocycles. The van der Waals surface area contributed by atoms with Crippen LogP contribution < -0.4 is 4.72 Å². The van der Waals surface area contributed by atoms with Crippen molar-refractivity contribution >= 4 is 25.7 Å². The summed E-state index contributed by atoms with van der Waals surface area (Å²) >= 11 is 0. The molecule has 2 rings (SSSR count). The molecule has 1 N–H and O–H groups in total. The Bertz CT molecular complexity index is 1040. The number of hydrogen-bond donors (Lipinski definition) is 1. The maximum absolute atomic E-state index is 12.8. The minimum Gasteiger partial charge on any atom is -0.280 e. The van der Waals surface area contributed by atoms with Gasteiger partial charge in [0.25, 0.3) is 10.0 Å². The van der Waals surface area contributed by atoms with E-state index in [4.69, 9.17) is 0 Å². The molecule has 0 radical (unpaired) electrons. The second-order valence-electron chi connectivity index (χ2n) is 6.44. The third-order valence-electron chi connectivity index (χ3n) is 4.38. The molecule has 0 bridgehead atoms. The van der Waals surface area contributed by atoms with Gasteiger partial charge in [-0.1, -0.05) is 37.6 Å². The van der Waals surface area contributed by atoms with Crippen LogP contribution in [0.25, 0.3) is 0 Å². The predicted octanol–water partition coefficient (Wildman–Crippen LogP) is 3.44. The topological polar surface area (TPSA) is 83.6 Å². The van der Waals surface area contributed by atoms with Crippen molar-refractivity contribution in [2.45, 2.75) is 44.4 Å². The molecule has 0 unspecified atom stereocenters. The lowest BCUT2D eigenvalue weighted by atomic mass is 10.2. The molecule has 0 aliphatic heterocycles. The van der Waals surface area contributed by atoms with E-state index in [0.717, 1.165) is 5.56 Å². The molecule has 27 heavy (non-hydrogen) atoms. The second kappa shape index (κ2) is 8.00. The monoisotopic (exact) mass is 410 g/mol. The van der Waals surface area contributed by atoms with Gasteiger partial charge < -0.3 is 0 Å². The highest BCUT2D eigenvalue weighted by molar-refractivity contribution is 7.92. The van der Waals surface area contributed by atoms with Gasteiger partial charge in [-0.25, -0.2) is 16.8 Å². The fraction of sp³-hybridized carbons (Fsp3) is 0.368. The molecule has 6 nitrogen and oxygen atoms in total. The molecule has 0 spiro atoms. The van der Waals surface area contributed by atoms with Gasteiger partial charge in [0, 0.05) is 13.1 Å². The number of aryl methyl sites for hydroxylation is 3. The Kier molecular flexibility index (Phi) is 6.34. The van der Waals surface area contributed by atoms with E-state index in [0.29, 0.717) is 24.2 Å². The van der Waals surface area contributed by atoms with Crippen molar-refractivity contribution in [2.75, 3.05) is 17.8 Å². The third kappa shape index (κ3) is 4.51. The van der Waals surface area contributed by atoms with Crippen molar-refractivity contribution in [3.05, 3.63) is 53.1 Å². The van der Waals surface area contributed by atoms with E-state index >= 15 is 0 Å². The smallest absolute Gasteiger partial charge is 0.262 e. The maximum Gasteiger partial charge on any atom is 0.262 e. The van der Waals surface area contributed by atoms with E-state index in [9.17, 15) is 16.8 Å². The van der Waals surface area contributed by atoms with Crippen molar-refractivity contribution in [1.82, 2.24) is 4.31 Å². The fourth-order valence-electron chi connectivity index (χ4n) is 2.96. The molecule has 0 atom stereocenters. The number of sulfonamides is 2. The van der Waals surface area contributed by atoms with Gasteiger partial charge in [0.15, 0.2) is 0 Å². The minimum atomic E-state index is -3.83. The highest BCUT2D eigenvalue weighted by atomic mass is 32.2. The van der Waals surface area contributed by atoms with Crippen molar-refractivity contribution in [1.29, 1.82) is 0 Å². The van der Waals surface area contributed by atoms with Crippen LogP contribution in [0.4, 0.5) is 5.69 Å². The van der Waals surface area contributed by atoms with Crippen molar-refractivity contribution in [3.8, 4) is 0 Å². The zero-order valence-corrected chi connectivity index (χ0v) is 17.9. The quantitative estimate of drug-likeness (QED) is 0.758. The number of hydrogen-bond acceptors (Lipinski definition) is 4. The summed E-state index contributed by atoms with van der Waals surface area (Å²) in [5, 5.41) is 0. The molecule has 0 aliphatic rings. The van der Waals surface area contributed by atoms with E-state index in [2.05, 4.69) is 4.72 Å². The van der Waals surface area contributed by atoms with Gasteiger partial charge >= 0.3 is 0 Å². The van der Waals surface area contributed by atoms with E-state index in [-0.39, 0.29) is 15.5 Å². The molecule has 0 aromatic heterocycles. The third-order valence-corrected chi connectivity index (χ3v) is 8.12. The Labute approximate surface area is 162 Å². The first-order chi connectivity index (χ1) is 12.5. The maximum atomic E-state index is 12.8. The lowest BCUT2D eigenvalue weighted by molar-refractivity contribution is 0.445. The van der Waals surface area contributed by atoms with Gasteiger partial charge in [-0.3, -0.25) is 4.72 Å². The Morgan fingerprint density at radius 2 is 1.44 bits per heavy atom. The van der Waals surface area contributed by atoms with Gasteiger partial charge in [-0.05, 0) is 50.1 Å². The first kappa shape index (κ1) is 21.4. The van der Waals surface area contributed by atoms with Gasteiger partial charge in [-0.15, -0.1) is 0 Å². The number of nitrogens with one attached hydrogen (secondary N) is 1. The van der Waals surface area contributed by atoms with Crippen LogP contribution >= 0.6 is 0 Å². The van der Waals surface area contributed by atoms with Crippen LogP contribution in [-0.4, -0.2) is 34.2 Å². The van der Waals surface area contributed by atoms with Crippen LogP contribution in [0.1, 0.15) is 30.5 Å². The van der Waals surface area contributed by atoms with Crippen molar-refractivity contribution in [3.63, 3.8) is 0 Å². The number of anilines is 1. The Morgan fingerprint density at radius 1 is 0.815 bits per heavy atom. The molecular formula is C19H26N2O4S2. The molecule has 0 fully saturated rings. The van der Waals surface area contributed by atoms with Gasteiger partial charge in [-0.2, -0.15) is 4.31 Å². The number of benzene rings is 2.